The third-order valence-corrected chi connectivity index (χ3v) is 22.1. The SMILES string of the molecule is COCO[C@H]1CC[C@@H]2[C@H]3CC(O[Si](C)(C)C(C)(C)C)=C(C(=O)OC)CC=C3[C@H](O[Si](C(C)C)(C(C)C)C(C)C)C[C@]12C. The van der Waals surface area contributed by atoms with Gasteiger partial charge < -0.3 is 23.1 Å². The fourth-order valence-corrected chi connectivity index (χ4v) is 15.1. The molecule has 3 rings (SSSR count). The molecular weight excluding hydrogens is 561 g/mol. The van der Waals surface area contributed by atoms with Crippen molar-refractivity contribution in [2.45, 2.75) is 148 Å². The number of esters is 1. The van der Waals surface area contributed by atoms with Crippen LogP contribution in [0.4, 0.5) is 0 Å². The molecule has 0 aromatic heterocycles. The van der Waals surface area contributed by atoms with Crippen molar-refractivity contribution in [1.29, 1.82) is 0 Å². The zero-order valence-electron chi connectivity index (χ0n) is 29.3. The molecule has 0 saturated heterocycles. The number of rotatable bonds is 11. The van der Waals surface area contributed by atoms with Crippen molar-refractivity contribution >= 4 is 22.6 Å². The monoisotopic (exact) mass is 622 g/mol. The number of ether oxygens (including phenoxy) is 3. The highest BCUT2D eigenvalue weighted by Gasteiger charge is 2.59. The third kappa shape index (κ3) is 6.53. The molecule has 242 valence electrons. The minimum atomic E-state index is -2.21. The predicted octanol–water partition coefficient (Wildman–Crippen LogP) is 9.14. The number of allylic oxidation sites excluding steroid dienone is 2. The van der Waals surface area contributed by atoms with Gasteiger partial charge in [-0.25, -0.2) is 4.79 Å². The van der Waals surface area contributed by atoms with E-state index in [-0.39, 0.29) is 34.5 Å². The average molecular weight is 623 g/mol. The first-order valence-electron chi connectivity index (χ1n) is 16.3. The Labute approximate surface area is 259 Å². The molecule has 2 fully saturated rings. The molecule has 0 aliphatic heterocycles. The minimum Gasteiger partial charge on any atom is -0.546 e. The molecule has 0 radical (unpaired) electrons. The Hall–Kier alpha value is -0.936. The average Bonchev–Trinajstić information content (AvgIpc) is 3.08. The van der Waals surface area contributed by atoms with Crippen LogP contribution in [0.25, 0.3) is 0 Å². The van der Waals surface area contributed by atoms with Crippen molar-refractivity contribution in [3.8, 4) is 0 Å². The summed E-state index contributed by atoms with van der Waals surface area (Å²) in [6.45, 7) is 28.2. The van der Waals surface area contributed by atoms with Crippen molar-refractivity contribution in [2.75, 3.05) is 21.0 Å². The topological polar surface area (TPSA) is 63.2 Å². The van der Waals surface area contributed by atoms with Gasteiger partial charge in [0, 0.05) is 20.0 Å². The molecule has 6 nitrogen and oxygen atoms in total. The van der Waals surface area contributed by atoms with Crippen LogP contribution in [-0.2, 0) is 27.9 Å². The third-order valence-electron chi connectivity index (χ3n) is 11.6. The summed E-state index contributed by atoms with van der Waals surface area (Å²) in [5.41, 5.74) is 3.44. The molecule has 3 aliphatic rings. The van der Waals surface area contributed by atoms with Crippen LogP contribution in [-0.4, -0.2) is 55.8 Å². The highest BCUT2D eigenvalue weighted by Crippen LogP contribution is 2.61. The lowest BCUT2D eigenvalue weighted by atomic mass is 9.60. The lowest BCUT2D eigenvalue weighted by molar-refractivity contribution is -0.136. The zero-order chi connectivity index (χ0) is 31.8. The summed E-state index contributed by atoms with van der Waals surface area (Å²) in [6.07, 6.45) is 6.69. The van der Waals surface area contributed by atoms with Gasteiger partial charge in [0.1, 0.15) is 6.79 Å². The van der Waals surface area contributed by atoms with E-state index in [1.165, 1.54) is 12.7 Å². The molecule has 42 heavy (non-hydrogen) atoms. The largest absolute Gasteiger partial charge is 0.546 e. The fourth-order valence-electron chi connectivity index (χ4n) is 8.43. The van der Waals surface area contributed by atoms with Gasteiger partial charge in [0.25, 0.3) is 0 Å². The summed E-state index contributed by atoms with van der Waals surface area (Å²) in [7, 11) is -1.22. The zero-order valence-corrected chi connectivity index (χ0v) is 31.3. The van der Waals surface area contributed by atoms with Gasteiger partial charge in [-0.05, 0) is 76.8 Å². The van der Waals surface area contributed by atoms with Gasteiger partial charge in [0.2, 0.25) is 16.6 Å². The van der Waals surface area contributed by atoms with E-state index in [2.05, 4.69) is 88.4 Å². The maximum absolute atomic E-state index is 13.3. The lowest BCUT2D eigenvalue weighted by Gasteiger charge is -2.53. The van der Waals surface area contributed by atoms with E-state index in [4.69, 9.17) is 23.1 Å². The van der Waals surface area contributed by atoms with Crippen molar-refractivity contribution in [2.24, 2.45) is 17.3 Å². The van der Waals surface area contributed by atoms with Gasteiger partial charge in [-0.1, -0.05) is 75.3 Å². The summed E-state index contributed by atoms with van der Waals surface area (Å²) < 4.78 is 31.8. The van der Waals surface area contributed by atoms with E-state index < -0.39 is 16.6 Å². The van der Waals surface area contributed by atoms with Gasteiger partial charge in [-0.15, -0.1) is 0 Å². The molecule has 8 heteroatoms. The van der Waals surface area contributed by atoms with Crippen LogP contribution in [0.3, 0.4) is 0 Å². The van der Waals surface area contributed by atoms with Crippen molar-refractivity contribution < 1.29 is 27.9 Å². The summed E-state index contributed by atoms with van der Waals surface area (Å²) in [5, 5.41) is 0.0138. The van der Waals surface area contributed by atoms with E-state index in [1.54, 1.807) is 7.11 Å². The van der Waals surface area contributed by atoms with Crippen LogP contribution in [0.2, 0.25) is 34.8 Å². The molecule has 0 aromatic rings. The van der Waals surface area contributed by atoms with E-state index in [0.29, 0.717) is 47.7 Å². The van der Waals surface area contributed by atoms with E-state index in [0.717, 1.165) is 25.0 Å². The molecular formula is C34H62O6Si2. The summed E-state index contributed by atoms with van der Waals surface area (Å²) in [5.74, 6) is 1.20. The standard InChI is InChI=1S/C34H62O6Si2/c1-22(2)42(23(3)4,24(5)6)40-30-20-34(10)28(17-18-31(34)38-21-36-11)27-19-29(39-41(13,14)33(7,8)9)26(32(35)37-12)16-15-25(27)30/h15,22-24,27-28,30-31H,16-21H2,1-14H3/t27-,28+,30+,31-,34-/m0/s1. The van der Waals surface area contributed by atoms with Crippen molar-refractivity contribution in [3.63, 3.8) is 0 Å². The molecule has 0 amide bonds. The number of methoxy groups -OCH3 is 2. The summed E-state index contributed by atoms with van der Waals surface area (Å²) >= 11 is 0. The maximum atomic E-state index is 13.3. The van der Waals surface area contributed by atoms with Crippen LogP contribution in [0, 0.1) is 17.3 Å². The first-order chi connectivity index (χ1) is 19.4. The molecule has 0 spiro atoms. The van der Waals surface area contributed by atoms with Gasteiger partial charge in [0.05, 0.1) is 30.6 Å². The number of carbonyl (C=O) groups is 1. The first kappa shape index (κ1) is 35.5. The van der Waals surface area contributed by atoms with Crippen LogP contribution in [0.1, 0.15) is 101 Å². The first-order valence-corrected chi connectivity index (χ1v) is 21.4. The van der Waals surface area contributed by atoms with Gasteiger partial charge in [-0.2, -0.15) is 0 Å². The summed E-state index contributed by atoms with van der Waals surface area (Å²) in [4.78, 5) is 13.3. The molecule has 0 unspecified atom stereocenters. The number of carbonyl (C=O) groups excluding carboxylic acids is 1. The van der Waals surface area contributed by atoms with E-state index >= 15 is 0 Å². The molecule has 0 bridgehead atoms. The molecule has 2 saturated carbocycles. The number of fused-ring (bicyclic) bond motifs is 3. The van der Waals surface area contributed by atoms with E-state index in [1.807, 2.05) is 0 Å². The highest BCUT2D eigenvalue weighted by molar-refractivity contribution is 6.77. The molecule has 0 aromatic carbocycles. The van der Waals surface area contributed by atoms with Crippen molar-refractivity contribution in [3.05, 3.63) is 23.0 Å². The van der Waals surface area contributed by atoms with Gasteiger partial charge in [0.15, 0.2) is 0 Å². The Morgan fingerprint density at radius 3 is 2.12 bits per heavy atom. The van der Waals surface area contributed by atoms with Gasteiger partial charge in [-0.3, -0.25) is 0 Å². The Morgan fingerprint density at radius 1 is 1.02 bits per heavy atom. The lowest BCUT2D eigenvalue weighted by Crippen LogP contribution is -2.55. The molecule has 0 heterocycles. The number of hydrogen-bond acceptors (Lipinski definition) is 6. The second-order valence-corrected chi connectivity index (χ2v) is 26.0. The Kier molecular flexibility index (Phi) is 11.2. The van der Waals surface area contributed by atoms with Gasteiger partial charge >= 0.3 is 5.97 Å². The van der Waals surface area contributed by atoms with Crippen LogP contribution in [0.15, 0.2) is 23.0 Å². The van der Waals surface area contributed by atoms with E-state index in [9.17, 15) is 4.79 Å². The predicted molar refractivity (Wildman–Crippen MR) is 176 cm³/mol. The smallest absolute Gasteiger partial charge is 0.337 e. The molecule has 3 aliphatic carbocycles. The van der Waals surface area contributed by atoms with Crippen molar-refractivity contribution in [1.82, 2.24) is 0 Å². The van der Waals surface area contributed by atoms with Crippen LogP contribution in [0.5, 0.6) is 0 Å². The Bertz CT molecular complexity index is 1000. The van der Waals surface area contributed by atoms with Crippen LogP contribution < -0.4 is 0 Å². The Morgan fingerprint density at radius 2 is 1.62 bits per heavy atom. The number of hydrogen-bond donors (Lipinski definition) is 0. The Balaban J connectivity index is 2.17. The second kappa shape index (κ2) is 13.2. The maximum Gasteiger partial charge on any atom is 0.337 e. The highest BCUT2D eigenvalue weighted by atomic mass is 28.4. The molecule has 0 N–H and O–H groups in total. The minimum absolute atomic E-state index is 0.00650. The fraction of sp³-hybridized carbons (Fsp3) is 0.853. The second-order valence-electron chi connectivity index (χ2n) is 15.9. The normalized spacial score (nSPS) is 29.0. The van der Waals surface area contributed by atoms with Crippen LogP contribution >= 0.6 is 0 Å². The molecule has 5 atom stereocenters. The summed E-state index contributed by atoms with van der Waals surface area (Å²) in [6, 6.07) is 0. The quantitative estimate of drug-likeness (QED) is 0.0991.